The van der Waals surface area contributed by atoms with Crippen LogP contribution in [0.4, 0.5) is 0 Å². The van der Waals surface area contributed by atoms with Gasteiger partial charge in [-0.2, -0.15) is 0 Å². The molecule has 0 amide bonds. The summed E-state index contributed by atoms with van der Waals surface area (Å²) in [5.74, 6) is -0.536. The van der Waals surface area contributed by atoms with Crippen LogP contribution in [0.25, 0.3) is 0 Å². The summed E-state index contributed by atoms with van der Waals surface area (Å²) in [5, 5.41) is 9.64. The third kappa shape index (κ3) is 6.54. The molecule has 0 heterocycles. The highest BCUT2D eigenvalue weighted by Gasteiger charge is 2.42. The lowest BCUT2D eigenvalue weighted by atomic mass is 9.77. The van der Waals surface area contributed by atoms with Gasteiger partial charge in [0.05, 0.1) is 10.8 Å². The number of fused-ring (bicyclic) bond motifs is 1. The molecule has 3 heteroatoms. The van der Waals surface area contributed by atoms with Crippen molar-refractivity contribution in [3.63, 3.8) is 0 Å². The van der Waals surface area contributed by atoms with Gasteiger partial charge in [-0.25, -0.2) is 0 Å². The zero-order valence-corrected chi connectivity index (χ0v) is 22.0. The molecule has 2 atom stereocenters. The number of ketones is 1. The number of benzene rings is 4. The Morgan fingerprint density at radius 3 is 2.00 bits per heavy atom. The minimum Gasteiger partial charge on any atom is -0.481 e. The number of carboxylic acid groups (broad SMARTS) is 1. The van der Waals surface area contributed by atoms with Gasteiger partial charge in [0.25, 0.3) is 0 Å². The molecule has 2 unspecified atom stereocenters. The van der Waals surface area contributed by atoms with Gasteiger partial charge in [0.2, 0.25) is 0 Å². The van der Waals surface area contributed by atoms with E-state index in [0.717, 1.165) is 34.2 Å². The molecule has 4 aromatic rings. The Morgan fingerprint density at radius 2 is 1.41 bits per heavy atom. The topological polar surface area (TPSA) is 54.4 Å². The number of aliphatic carboxylic acids is 1. The lowest BCUT2D eigenvalue weighted by molar-refractivity contribution is -0.143. The van der Waals surface area contributed by atoms with Gasteiger partial charge < -0.3 is 5.11 Å². The minimum atomic E-state index is -0.895. The van der Waals surface area contributed by atoms with Crippen LogP contribution in [0.15, 0.2) is 103 Å². The summed E-state index contributed by atoms with van der Waals surface area (Å²) >= 11 is 0. The lowest BCUT2D eigenvalue weighted by Crippen LogP contribution is -2.34. The van der Waals surface area contributed by atoms with E-state index in [9.17, 15) is 14.7 Å². The van der Waals surface area contributed by atoms with E-state index in [-0.39, 0.29) is 20.6 Å². The van der Waals surface area contributed by atoms with Crippen LogP contribution in [-0.4, -0.2) is 16.9 Å². The molecule has 4 aromatic carbocycles. The average Bonchev–Trinajstić information content (AvgIpc) is 3.16. The van der Waals surface area contributed by atoms with E-state index >= 15 is 0 Å². The van der Waals surface area contributed by atoms with Crippen molar-refractivity contribution in [2.75, 3.05) is 0 Å². The fourth-order valence-electron chi connectivity index (χ4n) is 5.17. The van der Waals surface area contributed by atoms with Gasteiger partial charge >= 0.3 is 5.97 Å². The summed E-state index contributed by atoms with van der Waals surface area (Å²) in [5.41, 5.74) is 6.08. The quantitative estimate of drug-likeness (QED) is 0.286. The van der Waals surface area contributed by atoms with Crippen molar-refractivity contribution in [2.45, 2.75) is 66.2 Å². The molecular weight excluding hydrogens is 480 g/mol. The van der Waals surface area contributed by atoms with Crippen molar-refractivity contribution >= 4 is 11.8 Å². The zero-order chi connectivity index (χ0) is 26.6. The lowest BCUT2D eigenvalue weighted by Gasteiger charge is -2.26. The second-order valence-electron chi connectivity index (χ2n) is 10.5. The number of carbonyl (C=O) groups is 2. The van der Waals surface area contributed by atoms with Crippen molar-refractivity contribution in [1.82, 2.24) is 0 Å². The number of hydrogen-bond donors (Lipinski definition) is 1. The summed E-state index contributed by atoms with van der Waals surface area (Å²) in [6.45, 7) is 7.90. The van der Waals surface area contributed by atoms with Crippen LogP contribution in [0.1, 0.15) is 72.4 Å². The zero-order valence-electron chi connectivity index (χ0n) is 22.0. The highest BCUT2D eigenvalue weighted by molar-refractivity contribution is 6.08. The molecular formula is C36H42O3. The monoisotopic (exact) mass is 522 g/mol. The minimum absolute atomic E-state index is 0. The Labute approximate surface area is 234 Å². The molecule has 1 N–H and O–H groups in total. The third-order valence-electron chi connectivity index (χ3n) is 7.49. The number of hydrogen-bond acceptors (Lipinski definition) is 2. The number of carbonyl (C=O) groups excluding carboxylic acids is 1. The van der Waals surface area contributed by atoms with Crippen molar-refractivity contribution in [2.24, 2.45) is 0 Å². The van der Waals surface area contributed by atoms with Gasteiger partial charge in [-0.05, 0) is 62.8 Å². The Morgan fingerprint density at radius 1 is 0.821 bits per heavy atom. The molecule has 5 rings (SSSR count). The highest BCUT2D eigenvalue weighted by Crippen LogP contribution is 2.39. The first-order valence-electron chi connectivity index (χ1n) is 12.7. The fraction of sp³-hybridized carbons (Fsp3) is 0.278. The maximum absolute atomic E-state index is 12.6. The first-order valence-corrected chi connectivity index (χ1v) is 12.7. The van der Waals surface area contributed by atoms with Crippen LogP contribution < -0.4 is 0 Å². The van der Waals surface area contributed by atoms with Crippen LogP contribution >= 0.6 is 0 Å². The predicted molar refractivity (Wildman–Crippen MR) is 163 cm³/mol. The van der Waals surface area contributed by atoms with Crippen LogP contribution in [0.5, 0.6) is 0 Å². The Balaban J connectivity index is 0.000000260. The summed E-state index contributed by atoms with van der Waals surface area (Å²) in [6, 6.07) is 33.8. The molecule has 204 valence electrons. The van der Waals surface area contributed by atoms with Crippen molar-refractivity contribution in [3.8, 4) is 0 Å². The van der Waals surface area contributed by atoms with E-state index in [1.54, 1.807) is 6.92 Å². The van der Waals surface area contributed by atoms with Crippen molar-refractivity contribution in [3.05, 3.63) is 142 Å². The van der Waals surface area contributed by atoms with Crippen LogP contribution in [0.3, 0.4) is 0 Å². The van der Waals surface area contributed by atoms with Crippen molar-refractivity contribution < 1.29 is 14.7 Å². The molecule has 0 fully saturated rings. The Bertz CT molecular complexity index is 1420. The first kappa shape index (κ1) is 31.2. The standard InChI is InChI=1S/C17H18O2.C17H16O.2CH4/c1-13-7-6-10-15(11-13)17(2,16(18)19)12-14-8-4-3-5-9-14;1-12-6-5-8-14(10-12)17(2)11-13-7-3-4-9-15(13)16(17)18;;/h3-11H,12H2,1-2H3,(H,18,19);3-10H,11H2,1-2H3;2*1H4. The maximum atomic E-state index is 12.6. The SMILES string of the molecule is C.C.Cc1cccc(C(C)(Cc2ccccc2)C(=O)O)c1.Cc1cccc(C2(C)Cc3ccccc3C2=O)c1. The highest BCUT2D eigenvalue weighted by atomic mass is 16.4. The van der Waals surface area contributed by atoms with Gasteiger partial charge in [0.15, 0.2) is 5.78 Å². The van der Waals surface area contributed by atoms with Gasteiger partial charge in [0.1, 0.15) is 0 Å². The van der Waals surface area contributed by atoms with E-state index in [1.165, 1.54) is 11.1 Å². The molecule has 0 bridgehead atoms. The summed E-state index contributed by atoms with van der Waals surface area (Å²) in [6.07, 6.45) is 1.30. The normalized spacial score (nSPS) is 16.9. The molecule has 0 saturated heterocycles. The molecule has 3 nitrogen and oxygen atoms in total. The summed E-state index contributed by atoms with van der Waals surface area (Å²) in [7, 11) is 0. The maximum Gasteiger partial charge on any atom is 0.314 e. The van der Waals surface area contributed by atoms with Crippen LogP contribution in [0.2, 0.25) is 0 Å². The second kappa shape index (κ2) is 12.7. The van der Waals surface area contributed by atoms with Crippen LogP contribution in [-0.2, 0) is 28.5 Å². The molecule has 0 aliphatic heterocycles. The first-order chi connectivity index (χ1) is 17.6. The molecule has 0 radical (unpaired) electrons. The van der Waals surface area contributed by atoms with E-state index in [0.29, 0.717) is 6.42 Å². The Hall–Kier alpha value is -3.98. The van der Waals surface area contributed by atoms with E-state index in [2.05, 4.69) is 38.1 Å². The summed E-state index contributed by atoms with van der Waals surface area (Å²) < 4.78 is 0. The second-order valence-corrected chi connectivity index (χ2v) is 10.5. The smallest absolute Gasteiger partial charge is 0.314 e. The molecule has 1 aliphatic rings. The molecule has 1 aliphatic carbocycles. The average molecular weight is 523 g/mol. The largest absolute Gasteiger partial charge is 0.481 e. The third-order valence-corrected chi connectivity index (χ3v) is 7.49. The van der Waals surface area contributed by atoms with Crippen LogP contribution in [0, 0.1) is 13.8 Å². The van der Waals surface area contributed by atoms with E-state index in [1.807, 2.05) is 85.8 Å². The number of aryl methyl sites for hydroxylation is 2. The number of carboxylic acids is 1. The fourth-order valence-corrected chi connectivity index (χ4v) is 5.17. The van der Waals surface area contributed by atoms with E-state index in [4.69, 9.17) is 0 Å². The molecule has 39 heavy (non-hydrogen) atoms. The summed E-state index contributed by atoms with van der Waals surface area (Å²) in [4.78, 5) is 24.4. The molecule has 0 aromatic heterocycles. The van der Waals surface area contributed by atoms with E-state index < -0.39 is 16.8 Å². The van der Waals surface area contributed by atoms with Crippen molar-refractivity contribution in [1.29, 1.82) is 0 Å². The Kier molecular flexibility index (Phi) is 10.2. The van der Waals surface area contributed by atoms with Gasteiger partial charge in [0, 0.05) is 5.56 Å². The number of Topliss-reactive ketones (excluding diaryl/α,β-unsaturated/α-hetero) is 1. The molecule has 0 spiro atoms. The van der Waals surface area contributed by atoms with Gasteiger partial charge in [-0.1, -0.05) is 129 Å². The predicted octanol–water partition coefficient (Wildman–Crippen LogP) is 8.54. The molecule has 0 saturated carbocycles. The van der Waals surface area contributed by atoms with Gasteiger partial charge in [-0.15, -0.1) is 0 Å². The number of rotatable bonds is 5. The van der Waals surface area contributed by atoms with Gasteiger partial charge in [-0.3, -0.25) is 9.59 Å².